The van der Waals surface area contributed by atoms with Crippen LogP contribution in [0.15, 0.2) is 0 Å². The van der Waals surface area contributed by atoms with Gasteiger partial charge in [0.2, 0.25) is 0 Å². The molecule has 0 aromatic heterocycles. The number of hydrogen-bond donors (Lipinski definition) is 4. The van der Waals surface area contributed by atoms with Crippen LogP contribution in [-0.4, -0.2) is 47.1 Å². The molecule has 0 spiro atoms. The summed E-state index contributed by atoms with van der Waals surface area (Å²) in [6.45, 7) is 5.39. The average molecular weight is 256 g/mol. The van der Waals surface area contributed by atoms with Crippen LogP contribution in [0.2, 0.25) is 0 Å². The Bertz CT molecular complexity index is 260. The Kier molecular flexibility index (Phi) is 5.01. The van der Waals surface area contributed by atoms with Crippen molar-refractivity contribution >= 4 is 0 Å². The minimum atomic E-state index is -0.522. The summed E-state index contributed by atoms with van der Waals surface area (Å²) in [4.78, 5) is 0. The first-order valence-corrected chi connectivity index (χ1v) is 7.43. The SMILES string of the molecule is CC(C)NCCC1CCC2C(CCC(O)C2O)N1. The molecule has 1 saturated carbocycles. The van der Waals surface area contributed by atoms with Gasteiger partial charge in [0, 0.05) is 24.0 Å². The quantitative estimate of drug-likeness (QED) is 0.596. The topological polar surface area (TPSA) is 64.5 Å². The van der Waals surface area contributed by atoms with Crippen molar-refractivity contribution in [3.05, 3.63) is 0 Å². The first-order chi connectivity index (χ1) is 8.58. The van der Waals surface area contributed by atoms with Crippen LogP contribution < -0.4 is 10.6 Å². The Morgan fingerprint density at radius 2 is 1.94 bits per heavy atom. The standard InChI is InChI=1S/C14H28N2O2/c1-9(2)15-8-7-10-3-4-11-12(16-10)5-6-13(17)14(11)18/h9-18H,3-8H2,1-2H3. The number of fused-ring (bicyclic) bond motifs is 1. The minimum absolute atomic E-state index is 0.253. The molecule has 106 valence electrons. The monoisotopic (exact) mass is 256 g/mol. The Labute approximate surface area is 110 Å². The van der Waals surface area contributed by atoms with Crippen LogP contribution in [0, 0.1) is 5.92 Å². The highest BCUT2D eigenvalue weighted by Gasteiger charge is 2.40. The van der Waals surface area contributed by atoms with Gasteiger partial charge in [0.15, 0.2) is 0 Å². The van der Waals surface area contributed by atoms with E-state index in [0.29, 0.717) is 18.1 Å². The molecule has 0 aromatic rings. The first-order valence-electron chi connectivity index (χ1n) is 7.43. The van der Waals surface area contributed by atoms with Gasteiger partial charge >= 0.3 is 0 Å². The Morgan fingerprint density at radius 3 is 2.67 bits per heavy atom. The van der Waals surface area contributed by atoms with Crippen molar-refractivity contribution in [2.75, 3.05) is 6.54 Å². The van der Waals surface area contributed by atoms with Crippen molar-refractivity contribution < 1.29 is 10.2 Å². The molecule has 18 heavy (non-hydrogen) atoms. The number of hydrogen-bond acceptors (Lipinski definition) is 4. The fourth-order valence-corrected chi connectivity index (χ4v) is 3.39. The Hall–Kier alpha value is -0.160. The molecule has 0 amide bonds. The Balaban J connectivity index is 1.77. The lowest BCUT2D eigenvalue weighted by atomic mass is 9.74. The zero-order valence-electron chi connectivity index (χ0n) is 11.6. The fourth-order valence-electron chi connectivity index (χ4n) is 3.39. The normalized spacial score (nSPS) is 40.8. The van der Waals surface area contributed by atoms with Crippen molar-refractivity contribution in [3.8, 4) is 0 Å². The zero-order chi connectivity index (χ0) is 13.1. The molecule has 5 atom stereocenters. The van der Waals surface area contributed by atoms with E-state index in [2.05, 4.69) is 24.5 Å². The molecule has 1 aliphatic heterocycles. The van der Waals surface area contributed by atoms with Gasteiger partial charge in [-0.3, -0.25) is 0 Å². The van der Waals surface area contributed by atoms with Gasteiger partial charge in [-0.2, -0.15) is 0 Å². The highest BCUT2D eigenvalue weighted by molar-refractivity contribution is 4.96. The van der Waals surface area contributed by atoms with E-state index in [-0.39, 0.29) is 5.92 Å². The molecule has 5 unspecified atom stereocenters. The molecule has 1 saturated heterocycles. The van der Waals surface area contributed by atoms with Gasteiger partial charge in [0.25, 0.3) is 0 Å². The molecule has 0 aromatic carbocycles. The van der Waals surface area contributed by atoms with Crippen molar-refractivity contribution in [1.82, 2.24) is 10.6 Å². The van der Waals surface area contributed by atoms with Gasteiger partial charge in [-0.25, -0.2) is 0 Å². The van der Waals surface area contributed by atoms with Crippen LogP contribution in [0.3, 0.4) is 0 Å². The third kappa shape index (κ3) is 3.44. The molecule has 0 bridgehead atoms. The zero-order valence-corrected chi connectivity index (χ0v) is 11.6. The van der Waals surface area contributed by atoms with Crippen LogP contribution in [0.4, 0.5) is 0 Å². The lowest BCUT2D eigenvalue weighted by molar-refractivity contribution is -0.0699. The average Bonchev–Trinajstić information content (AvgIpc) is 2.33. The van der Waals surface area contributed by atoms with Crippen molar-refractivity contribution in [2.24, 2.45) is 5.92 Å². The summed E-state index contributed by atoms with van der Waals surface area (Å²) in [5, 5.41) is 26.8. The summed E-state index contributed by atoms with van der Waals surface area (Å²) in [5.74, 6) is 0.253. The van der Waals surface area contributed by atoms with E-state index in [9.17, 15) is 10.2 Å². The molecule has 2 aliphatic rings. The van der Waals surface area contributed by atoms with Gasteiger partial charge in [-0.15, -0.1) is 0 Å². The maximum absolute atomic E-state index is 10.0. The first kappa shape index (κ1) is 14.3. The summed E-state index contributed by atoms with van der Waals surface area (Å²) in [6, 6.07) is 1.52. The number of piperidine rings is 1. The van der Waals surface area contributed by atoms with Gasteiger partial charge < -0.3 is 20.8 Å². The van der Waals surface area contributed by atoms with Crippen LogP contribution in [0.1, 0.15) is 46.0 Å². The molecule has 4 N–H and O–H groups in total. The molecule has 2 rings (SSSR count). The highest BCUT2D eigenvalue weighted by atomic mass is 16.3. The van der Waals surface area contributed by atoms with Crippen LogP contribution in [0.25, 0.3) is 0 Å². The van der Waals surface area contributed by atoms with Crippen molar-refractivity contribution in [2.45, 2.75) is 76.3 Å². The van der Waals surface area contributed by atoms with Crippen LogP contribution >= 0.6 is 0 Å². The predicted molar refractivity (Wildman–Crippen MR) is 72.4 cm³/mol. The molecule has 4 heteroatoms. The second kappa shape index (κ2) is 6.33. The lowest BCUT2D eigenvalue weighted by Crippen LogP contribution is -2.57. The summed E-state index contributed by atoms with van der Waals surface area (Å²) in [6.07, 6.45) is 4.01. The van der Waals surface area contributed by atoms with Crippen LogP contribution in [-0.2, 0) is 0 Å². The lowest BCUT2D eigenvalue weighted by Gasteiger charge is -2.44. The second-order valence-corrected chi connectivity index (χ2v) is 6.24. The molecule has 2 fully saturated rings. The fraction of sp³-hybridized carbons (Fsp3) is 1.00. The molecule has 1 aliphatic carbocycles. The van der Waals surface area contributed by atoms with E-state index in [1.165, 1.54) is 0 Å². The number of nitrogens with one attached hydrogen (secondary N) is 2. The molecule has 4 nitrogen and oxygen atoms in total. The van der Waals surface area contributed by atoms with E-state index < -0.39 is 12.2 Å². The van der Waals surface area contributed by atoms with Gasteiger partial charge in [0.05, 0.1) is 12.2 Å². The van der Waals surface area contributed by atoms with E-state index in [0.717, 1.165) is 38.6 Å². The second-order valence-electron chi connectivity index (χ2n) is 6.24. The van der Waals surface area contributed by atoms with Gasteiger partial charge in [-0.1, -0.05) is 13.8 Å². The molecule has 1 heterocycles. The van der Waals surface area contributed by atoms with Crippen molar-refractivity contribution in [3.63, 3.8) is 0 Å². The molecular formula is C14H28N2O2. The number of rotatable bonds is 4. The predicted octanol–water partition coefficient (Wildman–Crippen LogP) is 0.627. The highest BCUT2D eigenvalue weighted by Crippen LogP contribution is 2.33. The van der Waals surface area contributed by atoms with E-state index in [1.807, 2.05) is 0 Å². The van der Waals surface area contributed by atoms with Crippen molar-refractivity contribution in [1.29, 1.82) is 0 Å². The summed E-state index contributed by atoms with van der Waals surface area (Å²) >= 11 is 0. The molecular weight excluding hydrogens is 228 g/mol. The van der Waals surface area contributed by atoms with Gasteiger partial charge in [-0.05, 0) is 38.6 Å². The van der Waals surface area contributed by atoms with Gasteiger partial charge in [0.1, 0.15) is 0 Å². The van der Waals surface area contributed by atoms with E-state index in [4.69, 9.17) is 0 Å². The third-order valence-electron chi connectivity index (χ3n) is 4.47. The summed E-state index contributed by atoms with van der Waals surface area (Å²) in [7, 11) is 0. The summed E-state index contributed by atoms with van der Waals surface area (Å²) in [5.41, 5.74) is 0. The van der Waals surface area contributed by atoms with E-state index >= 15 is 0 Å². The van der Waals surface area contributed by atoms with E-state index in [1.54, 1.807) is 0 Å². The smallest absolute Gasteiger partial charge is 0.0842 e. The maximum Gasteiger partial charge on any atom is 0.0842 e. The molecule has 0 radical (unpaired) electrons. The Morgan fingerprint density at radius 1 is 1.17 bits per heavy atom. The third-order valence-corrected chi connectivity index (χ3v) is 4.47. The van der Waals surface area contributed by atoms with Crippen LogP contribution in [0.5, 0.6) is 0 Å². The minimum Gasteiger partial charge on any atom is -0.390 e. The largest absolute Gasteiger partial charge is 0.390 e. The maximum atomic E-state index is 10.0. The number of aliphatic hydroxyl groups excluding tert-OH is 2. The summed E-state index contributed by atoms with van der Waals surface area (Å²) < 4.78 is 0. The number of aliphatic hydroxyl groups is 2.